The summed E-state index contributed by atoms with van der Waals surface area (Å²) in [6.45, 7) is 0. The lowest BCUT2D eigenvalue weighted by atomic mass is 10.00. The largest absolute Gasteiger partial charge is 0.364 e. The lowest BCUT2D eigenvalue weighted by molar-refractivity contribution is 0.0936. The van der Waals surface area contributed by atoms with Crippen LogP contribution >= 0.6 is 0 Å². The first-order chi connectivity index (χ1) is 11.3. The number of carbonyl (C=O) groups excluding carboxylic acids is 1. The number of nitrogens with zero attached hydrogens (tertiary/aromatic N) is 3. The summed E-state index contributed by atoms with van der Waals surface area (Å²) in [6.07, 6.45) is 9.63. The molecule has 3 N–H and O–H groups in total. The summed E-state index contributed by atoms with van der Waals surface area (Å²) in [4.78, 5) is 15.9. The Bertz CT molecular complexity index is 658. The second kappa shape index (κ2) is 6.14. The van der Waals surface area contributed by atoms with E-state index in [1.165, 1.54) is 25.7 Å². The Kier molecular flexibility index (Phi) is 3.85. The van der Waals surface area contributed by atoms with Gasteiger partial charge < -0.3 is 10.3 Å². The molecule has 2 unspecified atom stereocenters. The second-order valence-corrected chi connectivity index (χ2v) is 6.74. The molecule has 0 aromatic carbocycles. The molecule has 0 spiro atoms. The van der Waals surface area contributed by atoms with Gasteiger partial charge in [-0.2, -0.15) is 5.21 Å². The second-order valence-electron chi connectivity index (χ2n) is 6.74. The molecule has 4 rings (SSSR count). The van der Waals surface area contributed by atoms with Crippen molar-refractivity contribution in [2.24, 2.45) is 0 Å². The van der Waals surface area contributed by atoms with Gasteiger partial charge in [0.25, 0.3) is 5.91 Å². The standard InChI is InChI=1S/C16H22N6O/c23-16(13-7-8-17-14(13)10-3-1-2-4-10)18-12-6-5-11(9-12)15-19-21-22-20-15/h7-8,10-12,17H,1-6,9H2,(H,18,23)(H,19,20,21,22). The lowest BCUT2D eigenvalue weighted by Gasteiger charge is -2.15. The minimum absolute atomic E-state index is 0.0481. The van der Waals surface area contributed by atoms with Crippen LogP contribution < -0.4 is 5.32 Å². The van der Waals surface area contributed by atoms with Crippen LogP contribution in [0, 0.1) is 0 Å². The Morgan fingerprint density at radius 1 is 1.17 bits per heavy atom. The monoisotopic (exact) mass is 314 g/mol. The number of aromatic nitrogens is 5. The van der Waals surface area contributed by atoms with Gasteiger partial charge in [0.05, 0.1) is 5.56 Å². The Balaban J connectivity index is 1.40. The molecule has 122 valence electrons. The van der Waals surface area contributed by atoms with Gasteiger partial charge in [-0.05, 0) is 44.1 Å². The number of amides is 1. The normalized spacial score (nSPS) is 25.0. The number of nitrogens with one attached hydrogen (secondary N) is 3. The molecule has 2 saturated carbocycles. The number of carbonyl (C=O) groups is 1. The Morgan fingerprint density at radius 3 is 2.83 bits per heavy atom. The van der Waals surface area contributed by atoms with Crippen molar-refractivity contribution in [2.45, 2.75) is 62.8 Å². The van der Waals surface area contributed by atoms with Gasteiger partial charge in [0.1, 0.15) is 0 Å². The van der Waals surface area contributed by atoms with Gasteiger partial charge in [-0.25, -0.2) is 0 Å². The maximum atomic E-state index is 12.7. The fourth-order valence-corrected chi connectivity index (χ4v) is 4.09. The highest BCUT2D eigenvalue weighted by Crippen LogP contribution is 2.35. The fraction of sp³-hybridized carbons (Fsp3) is 0.625. The van der Waals surface area contributed by atoms with Crippen molar-refractivity contribution < 1.29 is 4.79 Å². The van der Waals surface area contributed by atoms with Gasteiger partial charge in [0.2, 0.25) is 0 Å². The van der Waals surface area contributed by atoms with E-state index in [4.69, 9.17) is 0 Å². The Morgan fingerprint density at radius 2 is 2.04 bits per heavy atom. The van der Waals surface area contributed by atoms with E-state index in [2.05, 4.69) is 30.9 Å². The van der Waals surface area contributed by atoms with Crippen LogP contribution in [0.3, 0.4) is 0 Å². The fourth-order valence-electron chi connectivity index (χ4n) is 4.09. The quantitative estimate of drug-likeness (QED) is 0.806. The van der Waals surface area contributed by atoms with Crippen LogP contribution in [0.1, 0.15) is 78.7 Å². The molecular formula is C16H22N6O. The molecule has 2 aliphatic carbocycles. The molecular weight excluding hydrogens is 292 g/mol. The summed E-state index contributed by atoms with van der Waals surface area (Å²) in [5, 5.41) is 17.4. The van der Waals surface area contributed by atoms with Crippen molar-refractivity contribution >= 4 is 5.91 Å². The molecule has 0 saturated heterocycles. The number of tetrazole rings is 1. The molecule has 0 aliphatic heterocycles. The van der Waals surface area contributed by atoms with E-state index < -0.39 is 0 Å². The summed E-state index contributed by atoms with van der Waals surface area (Å²) in [6, 6.07) is 2.10. The number of hydrogen-bond donors (Lipinski definition) is 3. The smallest absolute Gasteiger partial charge is 0.253 e. The number of H-pyrrole nitrogens is 2. The molecule has 2 aliphatic rings. The first-order valence-electron chi connectivity index (χ1n) is 8.52. The van der Waals surface area contributed by atoms with Crippen molar-refractivity contribution in [1.29, 1.82) is 0 Å². The van der Waals surface area contributed by atoms with E-state index in [0.717, 1.165) is 36.3 Å². The summed E-state index contributed by atoms with van der Waals surface area (Å²) in [7, 11) is 0. The molecule has 0 radical (unpaired) electrons. The van der Waals surface area contributed by atoms with Gasteiger partial charge in [-0.15, -0.1) is 10.2 Å². The van der Waals surface area contributed by atoms with Crippen molar-refractivity contribution in [3.05, 3.63) is 29.3 Å². The predicted molar refractivity (Wildman–Crippen MR) is 84.0 cm³/mol. The zero-order valence-corrected chi connectivity index (χ0v) is 13.1. The van der Waals surface area contributed by atoms with Crippen molar-refractivity contribution in [1.82, 2.24) is 30.9 Å². The molecule has 7 heteroatoms. The highest BCUT2D eigenvalue weighted by atomic mass is 16.1. The van der Waals surface area contributed by atoms with Crippen LogP contribution in [0.15, 0.2) is 12.3 Å². The van der Waals surface area contributed by atoms with Gasteiger partial charge in [0, 0.05) is 23.9 Å². The third-order valence-electron chi connectivity index (χ3n) is 5.28. The number of hydrogen-bond acceptors (Lipinski definition) is 4. The minimum Gasteiger partial charge on any atom is -0.364 e. The number of aromatic amines is 2. The molecule has 1 amide bonds. The van der Waals surface area contributed by atoms with Crippen LogP contribution in [-0.4, -0.2) is 37.6 Å². The molecule has 2 atom stereocenters. The van der Waals surface area contributed by atoms with Crippen LogP contribution in [0.5, 0.6) is 0 Å². The van der Waals surface area contributed by atoms with E-state index in [1.54, 1.807) is 0 Å². The van der Waals surface area contributed by atoms with E-state index in [9.17, 15) is 4.79 Å². The lowest BCUT2D eigenvalue weighted by Crippen LogP contribution is -2.33. The molecule has 2 fully saturated rings. The molecule has 23 heavy (non-hydrogen) atoms. The SMILES string of the molecule is O=C(NC1CCC(c2nn[nH]n2)C1)c1cc[nH]c1C1CCCC1. The highest BCUT2D eigenvalue weighted by Gasteiger charge is 2.31. The summed E-state index contributed by atoms with van der Waals surface area (Å²) in [5.74, 6) is 1.61. The van der Waals surface area contributed by atoms with Gasteiger partial charge in [0.15, 0.2) is 5.82 Å². The minimum atomic E-state index is 0.0481. The molecule has 0 bridgehead atoms. The van der Waals surface area contributed by atoms with Crippen LogP contribution in [-0.2, 0) is 0 Å². The third kappa shape index (κ3) is 2.87. The maximum absolute atomic E-state index is 12.7. The van der Waals surface area contributed by atoms with E-state index in [1.807, 2.05) is 12.3 Å². The first kappa shape index (κ1) is 14.4. The van der Waals surface area contributed by atoms with Crippen LogP contribution in [0.25, 0.3) is 0 Å². The van der Waals surface area contributed by atoms with Gasteiger partial charge >= 0.3 is 0 Å². The Labute approximate surface area is 134 Å². The zero-order valence-electron chi connectivity index (χ0n) is 13.1. The Hall–Kier alpha value is -2.18. The molecule has 2 aromatic heterocycles. The molecule has 7 nitrogen and oxygen atoms in total. The summed E-state index contributed by atoms with van der Waals surface area (Å²) >= 11 is 0. The number of rotatable bonds is 4. The molecule has 2 heterocycles. The van der Waals surface area contributed by atoms with E-state index >= 15 is 0 Å². The van der Waals surface area contributed by atoms with E-state index in [0.29, 0.717) is 11.8 Å². The van der Waals surface area contributed by atoms with Gasteiger partial charge in [-0.3, -0.25) is 4.79 Å². The molecule has 2 aromatic rings. The highest BCUT2D eigenvalue weighted by molar-refractivity contribution is 5.95. The van der Waals surface area contributed by atoms with E-state index in [-0.39, 0.29) is 11.9 Å². The average Bonchev–Trinajstić information content (AvgIpc) is 3.30. The van der Waals surface area contributed by atoms with Crippen molar-refractivity contribution in [2.75, 3.05) is 0 Å². The van der Waals surface area contributed by atoms with Crippen molar-refractivity contribution in [3.8, 4) is 0 Å². The average molecular weight is 314 g/mol. The van der Waals surface area contributed by atoms with Crippen LogP contribution in [0.2, 0.25) is 0 Å². The third-order valence-corrected chi connectivity index (χ3v) is 5.28. The van der Waals surface area contributed by atoms with Crippen molar-refractivity contribution in [3.63, 3.8) is 0 Å². The summed E-state index contributed by atoms with van der Waals surface area (Å²) in [5.41, 5.74) is 1.94. The van der Waals surface area contributed by atoms with Gasteiger partial charge in [-0.1, -0.05) is 18.1 Å². The maximum Gasteiger partial charge on any atom is 0.253 e. The summed E-state index contributed by atoms with van der Waals surface area (Å²) < 4.78 is 0. The van der Waals surface area contributed by atoms with Crippen LogP contribution in [0.4, 0.5) is 0 Å². The zero-order chi connectivity index (χ0) is 15.6. The predicted octanol–water partition coefficient (Wildman–Crippen LogP) is 2.25. The topological polar surface area (TPSA) is 99.3 Å². The first-order valence-corrected chi connectivity index (χ1v) is 8.52.